The van der Waals surface area contributed by atoms with Crippen molar-refractivity contribution >= 4 is 46.4 Å². The summed E-state index contributed by atoms with van der Waals surface area (Å²) < 4.78 is 1.62. The molecule has 1 aliphatic rings. The Balaban J connectivity index is 1.52. The summed E-state index contributed by atoms with van der Waals surface area (Å²) in [7, 11) is 0. The smallest absolute Gasteiger partial charge is 0.260 e. The van der Waals surface area contributed by atoms with Crippen LogP contribution in [0.25, 0.3) is 0 Å². The normalized spacial score (nSPS) is 13.7. The Hall–Kier alpha value is -2.83. The molecule has 3 aromatic rings. The number of carbonyl (C=O) groups excluding carboxylic acids is 2. The van der Waals surface area contributed by atoms with Crippen LogP contribution >= 0.6 is 23.2 Å². The summed E-state index contributed by atoms with van der Waals surface area (Å²) in [6.07, 6.45) is 1.34. The Labute approximate surface area is 190 Å². The Morgan fingerprint density at radius 3 is 2.52 bits per heavy atom. The summed E-state index contributed by atoms with van der Waals surface area (Å²) in [5, 5.41) is 7.95. The first-order valence-corrected chi connectivity index (χ1v) is 10.8. The second-order valence-electron chi connectivity index (χ2n) is 7.66. The predicted octanol–water partition coefficient (Wildman–Crippen LogP) is 5.23. The van der Waals surface area contributed by atoms with Gasteiger partial charge in [0.05, 0.1) is 28.5 Å². The second-order valence-corrected chi connectivity index (χ2v) is 8.43. The molecule has 0 bridgehead atoms. The first kappa shape index (κ1) is 21.4. The standard InChI is InChI=1S/C23H22Cl2N4O2/c1-14-5-7-16(8-6-14)13-29-22(25)21(15(2)27-29)23(31)26-17-9-10-19(18(24)12-17)28-11-3-4-20(28)30/h5-10,12H,3-4,11,13H2,1-2H3,(H,26,31). The van der Waals surface area contributed by atoms with Crippen LogP contribution in [0.2, 0.25) is 10.2 Å². The molecule has 2 aromatic carbocycles. The third kappa shape index (κ3) is 4.45. The highest BCUT2D eigenvalue weighted by Crippen LogP contribution is 2.32. The van der Waals surface area contributed by atoms with Gasteiger partial charge in [-0.15, -0.1) is 0 Å². The van der Waals surface area contributed by atoms with Crippen LogP contribution in [-0.2, 0) is 11.3 Å². The van der Waals surface area contributed by atoms with Crippen molar-refractivity contribution < 1.29 is 9.59 Å². The van der Waals surface area contributed by atoms with Gasteiger partial charge in [-0.05, 0) is 44.0 Å². The summed E-state index contributed by atoms with van der Waals surface area (Å²) in [4.78, 5) is 26.6. The molecule has 1 N–H and O–H groups in total. The van der Waals surface area contributed by atoms with Crippen LogP contribution in [0.15, 0.2) is 42.5 Å². The van der Waals surface area contributed by atoms with Gasteiger partial charge in [-0.1, -0.05) is 53.0 Å². The van der Waals surface area contributed by atoms with E-state index in [1.54, 1.807) is 34.7 Å². The highest BCUT2D eigenvalue weighted by atomic mass is 35.5. The van der Waals surface area contributed by atoms with E-state index in [1.807, 2.05) is 31.2 Å². The summed E-state index contributed by atoms with van der Waals surface area (Å²) in [5.74, 6) is -0.305. The number of halogens is 2. The first-order valence-electron chi connectivity index (χ1n) is 10.0. The van der Waals surface area contributed by atoms with E-state index in [0.717, 1.165) is 12.0 Å². The zero-order chi connectivity index (χ0) is 22.1. The number of hydrogen-bond donors (Lipinski definition) is 1. The maximum atomic E-state index is 12.9. The number of nitrogens with one attached hydrogen (secondary N) is 1. The molecule has 0 radical (unpaired) electrons. The topological polar surface area (TPSA) is 67.2 Å². The molecule has 8 heteroatoms. The lowest BCUT2D eigenvalue weighted by Gasteiger charge is -2.18. The van der Waals surface area contributed by atoms with Gasteiger partial charge in [0, 0.05) is 18.7 Å². The number of amides is 2. The van der Waals surface area contributed by atoms with Crippen molar-refractivity contribution in [3.8, 4) is 0 Å². The van der Waals surface area contributed by atoms with Crippen LogP contribution in [0.3, 0.4) is 0 Å². The van der Waals surface area contributed by atoms with Gasteiger partial charge in [-0.2, -0.15) is 5.10 Å². The minimum Gasteiger partial charge on any atom is -0.322 e. The fourth-order valence-electron chi connectivity index (χ4n) is 3.68. The van der Waals surface area contributed by atoms with Crippen molar-refractivity contribution in [1.29, 1.82) is 0 Å². The van der Waals surface area contributed by atoms with E-state index in [0.29, 0.717) is 47.2 Å². The number of nitrogens with zero attached hydrogens (tertiary/aromatic N) is 3. The first-order chi connectivity index (χ1) is 14.8. The molecule has 0 saturated carbocycles. The van der Waals surface area contributed by atoms with Crippen molar-refractivity contribution in [2.45, 2.75) is 33.2 Å². The molecule has 0 aliphatic carbocycles. The number of benzene rings is 2. The predicted molar refractivity (Wildman–Crippen MR) is 123 cm³/mol. The monoisotopic (exact) mass is 456 g/mol. The third-order valence-electron chi connectivity index (χ3n) is 5.32. The number of aromatic nitrogens is 2. The molecule has 0 spiro atoms. The summed E-state index contributed by atoms with van der Waals surface area (Å²) in [6.45, 7) is 4.90. The maximum absolute atomic E-state index is 12.9. The average molecular weight is 457 g/mol. The van der Waals surface area contributed by atoms with E-state index in [9.17, 15) is 9.59 Å². The van der Waals surface area contributed by atoms with E-state index < -0.39 is 0 Å². The molecule has 4 rings (SSSR count). The highest BCUT2D eigenvalue weighted by molar-refractivity contribution is 6.35. The van der Waals surface area contributed by atoms with Gasteiger partial charge >= 0.3 is 0 Å². The van der Waals surface area contributed by atoms with Crippen LogP contribution in [-0.4, -0.2) is 28.1 Å². The molecule has 0 atom stereocenters. The molecule has 31 heavy (non-hydrogen) atoms. The molecule has 6 nitrogen and oxygen atoms in total. The van der Waals surface area contributed by atoms with E-state index in [-0.39, 0.29) is 17.0 Å². The number of aryl methyl sites for hydroxylation is 2. The third-order valence-corrected chi connectivity index (χ3v) is 6.00. The van der Waals surface area contributed by atoms with Gasteiger partial charge in [-0.25, -0.2) is 4.68 Å². The SMILES string of the molecule is Cc1ccc(Cn2nc(C)c(C(=O)Nc3ccc(N4CCCC4=O)c(Cl)c3)c2Cl)cc1. The summed E-state index contributed by atoms with van der Waals surface area (Å²) >= 11 is 12.9. The zero-order valence-electron chi connectivity index (χ0n) is 17.3. The van der Waals surface area contributed by atoms with Crippen LogP contribution in [0, 0.1) is 13.8 Å². The van der Waals surface area contributed by atoms with Crippen LogP contribution in [0.1, 0.15) is 40.0 Å². The van der Waals surface area contributed by atoms with Crippen molar-refractivity contribution in [1.82, 2.24) is 9.78 Å². The molecule has 1 aromatic heterocycles. The van der Waals surface area contributed by atoms with Gasteiger partial charge in [0.15, 0.2) is 0 Å². The van der Waals surface area contributed by atoms with Crippen molar-refractivity contribution in [2.24, 2.45) is 0 Å². The quantitative estimate of drug-likeness (QED) is 0.570. The van der Waals surface area contributed by atoms with Crippen molar-refractivity contribution in [3.63, 3.8) is 0 Å². The fourth-order valence-corrected chi connectivity index (χ4v) is 4.29. The Bertz CT molecular complexity index is 1160. The largest absolute Gasteiger partial charge is 0.322 e. The maximum Gasteiger partial charge on any atom is 0.260 e. The zero-order valence-corrected chi connectivity index (χ0v) is 18.8. The summed E-state index contributed by atoms with van der Waals surface area (Å²) in [5.41, 5.74) is 4.25. The number of anilines is 2. The lowest BCUT2D eigenvalue weighted by molar-refractivity contribution is -0.117. The second kappa shape index (κ2) is 8.73. The van der Waals surface area contributed by atoms with Gasteiger partial charge in [0.1, 0.15) is 5.15 Å². The number of carbonyl (C=O) groups is 2. The minimum absolute atomic E-state index is 0.0575. The van der Waals surface area contributed by atoms with Gasteiger partial charge in [-0.3, -0.25) is 9.59 Å². The Morgan fingerprint density at radius 2 is 1.87 bits per heavy atom. The molecular formula is C23H22Cl2N4O2. The molecule has 1 aliphatic heterocycles. The highest BCUT2D eigenvalue weighted by Gasteiger charge is 2.24. The van der Waals surface area contributed by atoms with Crippen LogP contribution < -0.4 is 10.2 Å². The van der Waals surface area contributed by atoms with Gasteiger partial charge in [0.2, 0.25) is 5.91 Å². The molecule has 1 saturated heterocycles. The van der Waals surface area contributed by atoms with Crippen LogP contribution in [0.4, 0.5) is 11.4 Å². The van der Waals surface area contributed by atoms with Crippen molar-refractivity contribution in [3.05, 3.63) is 75.0 Å². The summed E-state index contributed by atoms with van der Waals surface area (Å²) in [6, 6.07) is 13.2. The van der Waals surface area contributed by atoms with E-state index >= 15 is 0 Å². The molecule has 2 amide bonds. The number of hydrogen-bond acceptors (Lipinski definition) is 3. The molecular weight excluding hydrogens is 435 g/mol. The lowest BCUT2D eigenvalue weighted by atomic mass is 10.1. The fraction of sp³-hybridized carbons (Fsp3) is 0.261. The van der Waals surface area contributed by atoms with Crippen molar-refractivity contribution in [2.75, 3.05) is 16.8 Å². The lowest BCUT2D eigenvalue weighted by Crippen LogP contribution is -2.24. The van der Waals surface area contributed by atoms with E-state index in [4.69, 9.17) is 23.2 Å². The number of rotatable bonds is 5. The van der Waals surface area contributed by atoms with E-state index in [1.165, 1.54) is 5.56 Å². The molecule has 160 valence electrons. The minimum atomic E-state index is -0.362. The molecule has 1 fully saturated rings. The van der Waals surface area contributed by atoms with Gasteiger partial charge in [0.25, 0.3) is 5.91 Å². The Kier molecular flexibility index (Phi) is 6.03. The molecule has 2 heterocycles. The average Bonchev–Trinajstić information content (AvgIpc) is 3.26. The van der Waals surface area contributed by atoms with Gasteiger partial charge < -0.3 is 10.2 Å². The van der Waals surface area contributed by atoms with E-state index in [2.05, 4.69) is 10.4 Å². The van der Waals surface area contributed by atoms with Crippen LogP contribution in [0.5, 0.6) is 0 Å². The Morgan fingerprint density at radius 1 is 1.13 bits per heavy atom. The molecule has 0 unspecified atom stereocenters.